The third-order valence-electron chi connectivity index (χ3n) is 2.75. The molecule has 1 fully saturated rings. The van der Waals surface area contributed by atoms with Gasteiger partial charge in [0.05, 0.1) is 10.4 Å². The van der Waals surface area contributed by atoms with Gasteiger partial charge in [-0.15, -0.1) is 0 Å². The van der Waals surface area contributed by atoms with E-state index in [1.165, 1.54) is 6.07 Å². The van der Waals surface area contributed by atoms with E-state index in [2.05, 4.69) is 31.4 Å². The molecule has 0 spiro atoms. The lowest BCUT2D eigenvalue weighted by molar-refractivity contribution is 0.308. The van der Waals surface area contributed by atoms with Crippen LogP contribution in [-0.4, -0.2) is 23.2 Å². The molecule has 3 rings (SSSR count). The van der Waals surface area contributed by atoms with E-state index >= 15 is 0 Å². The summed E-state index contributed by atoms with van der Waals surface area (Å²) >= 11 is 3.13. The van der Waals surface area contributed by atoms with E-state index in [-0.39, 0.29) is 5.82 Å². The minimum Gasteiger partial charge on any atom is -0.339 e. The van der Waals surface area contributed by atoms with Gasteiger partial charge >= 0.3 is 0 Å². The molecule has 0 radical (unpaired) electrons. The molecule has 1 N–H and O–H groups in total. The zero-order chi connectivity index (χ0) is 11.8. The van der Waals surface area contributed by atoms with Crippen molar-refractivity contribution in [1.29, 1.82) is 0 Å². The van der Waals surface area contributed by atoms with Gasteiger partial charge < -0.3 is 9.84 Å². The molecule has 0 unspecified atom stereocenters. The Morgan fingerprint density at radius 3 is 2.88 bits per heavy atom. The smallest absolute Gasteiger partial charge is 0.232 e. The first-order chi connectivity index (χ1) is 8.24. The largest absolute Gasteiger partial charge is 0.339 e. The molecule has 1 saturated heterocycles. The van der Waals surface area contributed by atoms with Gasteiger partial charge in [-0.3, -0.25) is 0 Å². The minimum absolute atomic E-state index is 0.305. The molecule has 2 aromatic rings. The average molecular weight is 298 g/mol. The van der Waals surface area contributed by atoms with E-state index in [4.69, 9.17) is 4.52 Å². The van der Waals surface area contributed by atoms with Crippen LogP contribution in [0.2, 0.25) is 0 Å². The van der Waals surface area contributed by atoms with Gasteiger partial charge in [-0.2, -0.15) is 4.98 Å². The summed E-state index contributed by atoms with van der Waals surface area (Å²) < 4.78 is 18.7. The summed E-state index contributed by atoms with van der Waals surface area (Å²) in [5.41, 5.74) is 0.737. The number of rotatable bonds is 2. The van der Waals surface area contributed by atoms with Crippen LogP contribution >= 0.6 is 15.9 Å². The first-order valence-electron chi connectivity index (χ1n) is 5.24. The molecule has 1 aromatic heterocycles. The Morgan fingerprint density at radius 1 is 1.41 bits per heavy atom. The second-order valence-electron chi connectivity index (χ2n) is 3.94. The maximum absolute atomic E-state index is 13.1. The molecule has 17 heavy (non-hydrogen) atoms. The highest BCUT2D eigenvalue weighted by molar-refractivity contribution is 9.10. The summed E-state index contributed by atoms with van der Waals surface area (Å²) in [5.74, 6) is 1.13. The summed E-state index contributed by atoms with van der Waals surface area (Å²) in [6.45, 7) is 1.74. The van der Waals surface area contributed by atoms with Crippen molar-refractivity contribution >= 4 is 15.9 Å². The SMILES string of the molecule is Fc1ccc(-c2noc(C3CNC3)n2)cc1Br. The lowest BCUT2D eigenvalue weighted by atomic mass is 10.0. The van der Waals surface area contributed by atoms with Crippen LogP contribution in [0.25, 0.3) is 11.4 Å². The Labute approximate surface area is 105 Å². The van der Waals surface area contributed by atoms with Gasteiger partial charge in [0.15, 0.2) is 0 Å². The molecule has 1 aliphatic rings. The van der Waals surface area contributed by atoms with Crippen molar-refractivity contribution in [1.82, 2.24) is 15.5 Å². The van der Waals surface area contributed by atoms with Crippen LogP contribution in [0.3, 0.4) is 0 Å². The van der Waals surface area contributed by atoms with E-state index in [9.17, 15) is 4.39 Å². The predicted molar refractivity (Wildman–Crippen MR) is 63.0 cm³/mol. The van der Waals surface area contributed by atoms with Crippen molar-refractivity contribution < 1.29 is 8.91 Å². The minimum atomic E-state index is -0.305. The Balaban J connectivity index is 1.92. The Bertz CT molecular complexity index is 553. The summed E-state index contributed by atoms with van der Waals surface area (Å²) in [4.78, 5) is 4.31. The van der Waals surface area contributed by atoms with Crippen molar-refractivity contribution in [3.05, 3.63) is 34.4 Å². The van der Waals surface area contributed by atoms with Crippen LogP contribution in [0, 0.1) is 5.82 Å². The number of hydrogen-bond donors (Lipinski definition) is 1. The standard InChI is InChI=1S/C11H9BrFN3O/c12-8-3-6(1-2-9(8)13)10-15-11(17-16-10)7-4-14-5-7/h1-3,7,14H,4-5H2. The van der Waals surface area contributed by atoms with Crippen LogP contribution in [0.15, 0.2) is 27.2 Å². The van der Waals surface area contributed by atoms with Crippen molar-refractivity contribution in [2.75, 3.05) is 13.1 Å². The summed E-state index contributed by atoms with van der Waals surface area (Å²) in [6, 6.07) is 4.65. The van der Waals surface area contributed by atoms with Gasteiger partial charge in [-0.1, -0.05) is 5.16 Å². The lowest BCUT2D eigenvalue weighted by Gasteiger charge is -2.22. The van der Waals surface area contributed by atoms with E-state index in [1.54, 1.807) is 12.1 Å². The molecule has 4 nitrogen and oxygen atoms in total. The molecule has 1 aromatic carbocycles. The third kappa shape index (κ3) is 1.98. The molecular formula is C11H9BrFN3O. The van der Waals surface area contributed by atoms with Gasteiger partial charge in [-0.25, -0.2) is 4.39 Å². The fourth-order valence-electron chi connectivity index (χ4n) is 1.62. The maximum Gasteiger partial charge on any atom is 0.232 e. The average Bonchev–Trinajstić information content (AvgIpc) is 2.69. The summed E-state index contributed by atoms with van der Waals surface area (Å²) in [7, 11) is 0. The number of hydrogen-bond acceptors (Lipinski definition) is 4. The van der Waals surface area contributed by atoms with E-state index in [1.807, 2.05) is 0 Å². The molecule has 6 heteroatoms. The first-order valence-corrected chi connectivity index (χ1v) is 6.03. The van der Waals surface area contributed by atoms with Crippen molar-refractivity contribution in [3.63, 3.8) is 0 Å². The van der Waals surface area contributed by atoms with Crippen molar-refractivity contribution in [2.45, 2.75) is 5.92 Å². The van der Waals surface area contributed by atoms with Gasteiger partial charge in [0.2, 0.25) is 11.7 Å². The van der Waals surface area contributed by atoms with E-state index in [0.717, 1.165) is 18.7 Å². The van der Waals surface area contributed by atoms with Gasteiger partial charge in [0.25, 0.3) is 0 Å². The fraction of sp³-hybridized carbons (Fsp3) is 0.273. The summed E-state index contributed by atoms with van der Waals surface area (Å²) in [5, 5.41) is 7.04. The van der Waals surface area contributed by atoms with E-state index in [0.29, 0.717) is 22.1 Å². The molecule has 0 atom stereocenters. The number of nitrogens with one attached hydrogen (secondary N) is 1. The third-order valence-corrected chi connectivity index (χ3v) is 3.36. The Hall–Kier alpha value is -1.27. The highest BCUT2D eigenvalue weighted by Crippen LogP contribution is 2.25. The quantitative estimate of drug-likeness (QED) is 0.924. The monoisotopic (exact) mass is 297 g/mol. The normalized spacial score (nSPS) is 15.9. The molecule has 0 bridgehead atoms. The fourth-order valence-corrected chi connectivity index (χ4v) is 2.00. The second-order valence-corrected chi connectivity index (χ2v) is 4.79. The number of halogens is 2. The van der Waals surface area contributed by atoms with Gasteiger partial charge in [0, 0.05) is 18.7 Å². The molecule has 0 amide bonds. The van der Waals surface area contributed by atoms with Crippen LogP contribution in [-0.2, 0) is 0 Å². The number of nitrogens with zero attached hydrogens (tertiary/aromatic N) is 2. The zero-order valence-corrected chi connectivity index (χ0v) is 10.4. The first kappa shape index (κ1) is 10.9. The highest BCUT2D eigenvalue weighted by Gasteiger charge is 2.25. The highest BCUT2D eigenvalue weighted by atomic mass is 79.9. The second kappa shape index (κ2) is 4.19. The molecule has 0 saturated carbocycles. The van der Waals surface area contributed by atoms with Gasteiger partial charge in [0.1, 0.15) is 5.82 Å². The van der Waals surface area contributed by atoms with Gasteiger partial charge in [-0.05, 0) is 34.1 Å². The van der Waals surface area contributed by atoms with Crippen molar-refractivity contribution in [2.24, 2.45) is 0 Å². The Morgan fingerprint density at radius 2 is 2.24 bits per heavy atom. The van der Waals surface area contributed by atoms with Crippen LogP contribution in [0.4, 0.5) is 4.39 Å². The molecule has 0 aliphatic carbocycles. The lowest BCUT2D eigenvalue weighted by Crippen LogP contribution is -2.40. The van der Waals surface area contributed by atoms with Crippen LogP contribution in [0.5, 0.6) is 0 Å². The van der Waals surface area contributed by atoms with Crippen LogP contribution < -0.4 is 5.32 Å². The molecule has 2 heterocycles. The molecule has 88 valence electrons. The number of aromatic nitrogens is 2. The summed E-state index contributed by atoms with van der Waals surface area (Å²) in [6.07, 6.45) is 0. The molecular weight excluding hydrogens is 289 g/mol. The zero-order valence-electron chi connectivity index (χ0n) is 8.78. The van der Waals surface area contributed by atoms with E-state index < -0.39 is 0 Å². The maximum atomic E-state index is 13.1. The predicted octanol–water partition coefficient (Wildman–Crippen LogP) is 2.33. The van der Waals surface area contributed by atoms with Crippen molar-refractivity contribution in [3.8, 4) is 11.4 Å². The topological polar surface area (TPSA) is 51.0 Å². The molecule has 1 aliphatic heterocycles. The Kier molecular flexibility index (Phi) is 2.68. The number of benzene rings is 1. The van der Waals surface area contributed by atoms with Crippen LogP contribution in [0.1, 0.15) is 11.8 Å².